The van der Waals surface area contributed by atoms with Crippen LogP contribution in [0.3, 0.4) is 0 Å². The summed E-state index contributed by atoms with van der Waals surface area (Å²) in [5.74, 6) is -2.81. The highest BCUT2D eigenvalue weighted by molar-refractivity contribution is 6.01. The standard InChI is InChI=1S/C29H25F5N6O/c30-28(31)4-7-37(8-5-28)27(41)39-10-9-38-17-23(20-12-19(29(32,33)34)11-18(16-39)26(20)38)21-13-35-14-22(21)24-15-36-25-3-1-2-6-40(24)25/h1-3,6,11-15,17,35H,4-5,7-10,16H2. The van der Waals surface area contributed by atoms with E-state index in [0.29, 0.717) is 28.6 Å². The van der Waals surface area contributed by atoms with E-state index >= 15 is 0 Å². The number of imidazole rings is 1. The molecule has 2 aliphatic rings. The summed E-state index contributed by atoms with van der Waals surface area (Å²) in [6, 6.07) is 7.47. The molecule has 7 rings (SSSR count). The number of aromatic amines is 1. The van der Waals surface area contributed by atoms with Gasteiger partial charge in [-0.25, -0.2) is 18.6 Å². The first kappa shape index (κ1) is 25.6. The Morgan fingerprint density at radius 2 is 1.73 bits per heavy atom. The average molecular weight is 569 g/mol. The summed E-state index contributed by atoms with van der Waals surface area (Å²) in [7, 11) is 0. The monoisotopic (exact) mass is 568 g/mol. The molecule has 41 heavy (non-hydrogen) atoms. The van der Waals surface area contributed by atoms with E-state index in [-0.39, 0.29) is 26.2 Å². The summed E-state index contributed by atoms with van der Waals surface area (Å²) in [5, 5.41) is 0.427. The molecule has 0 spiro atoms. The molecule has 0 radical (unpaired) electrons. The van der Waals surface area contributed by atoms with E-state index < -0.39 is 36.5 Å². The largest absolute Gasteiger partial charge is 0.416 e. The van der Waals surface area contributed by atoms with Gasteiger partial charge in [-0.2, -0.15) is 13.2 Å². The topological polar surface area (TPSA) is 61.6 Å². The fourth-order valence-electron chi connectivity index (χ4n) is 6.04. The molecule has 0 unspecified atom stereocenters. The number of pyridine rings is 1. The number of H-pyrrole nitrogens is 1. The van der Waals surface area contributed by atoms with Crippen molar-refractivity contribution in [2.24, 2.45) is 0 Å². The maximum absolute atomic E-state index is 14.1. The van der Waals surface area contributed by atoms with Crippen LogP contribution in [0.1, 0.15) is 24.0 Å². The molecule has 212 valence electrons. The molecule has 1 saturated heterocycles. The number of halogens is 5. The van der Waals surface area contributed by atoms with Crippen molar-refractivity contribution in [2.45, 2.75) is 38.0 Å². The summed E-state index contributed by atoms with van der Waals surface area (Å²) in [6.45, 7) is 0.355. The number of nitrogens with zero attached hydrogens (tertiary/aromatic N) is 5. The van der Waals surface area contributed by atoms with Crippen LogP contribution in [0.5, 0.6) is 0 Å². The van der Waals surface area contributed by atoms with Crippen molar-refractivity contribution >= 4 is 22.6 Å². The minimum atomic E-state index is -4.60. The normalized spacial score (nSPS) is 17.4. The fourth-order valence-corrected chi connectivity index (χ4v) is 6.04. The minimum absolute atomic E-state index is 0.0527. The molecule has 6 heterocycles. The number of hydrogen-bond acceptors (Lipinski definition) is 2. The predicted octanol–water partition coefficient (Wildman–Crippen LogP) is 6.64. The second-order valence-corrected chi connectivity index (χ2v) is 10.7. The van der Waals surface area contributed by atoms with Crippen molar-refractivity contribution in [2.75, 3.05) is 19.6 Å². The molecule has 0 aliphatic carbocycles. The second kappa shape index (κ2) is 9.08. The highest BCUT2D eigenvalue weighted by Crippen LogP contribution is 2.42. The zero-order chi connectivity index (χ0) is 28.5. The van der Waals surface area contributed by atoms with Gasteiger partial charge in [-0.05, 0) is 29.8 Å². The Labute approximate surface area is 230 Å². The van der Waals surface area contributed by atoms with Crippen LogP contribution in [-0.2, 0) is 19.3 Å². The first-order valence-corrected chi connectivity index (χ1v) is 13.3. The number of alkyl halides is 5. The van der Waals surface area contributed by atoms with Gasteiger partial charge in [-0.1, -0.05) is 6.07 Å². The molecule has 5 aromatic rings. The molecule has 7 nitrogen and oxygen atoms in total. The molecule has 1 fully saturated rings. The molecule has 2 amide bonds. The molecule has 4 aromatic heterocycles. The van der Waals surface area contributed by atoms with E-state index in [0.717, 1.165) is 28.5 Å². The number of urea groups is 1. The Hall–Kier alpha value is -4.35. The SMILES string of the molecule is O=C(N1CCC(F)(F)CC1)N1CCn2cc(-c3c[nH]cc3-c3cnc4ccccn34)c3cc(C(F)(F)F)cc(c32)C1. The van der Waals surface area contributed by atoms with Crippen LogP contribution in [0.2, 0.25) is 0 Å². The number of likely N-dealkylation sites (tertiary alicyclic amines) is 1. The minimum Gasteiger partial charge on any atom is -0.366 e. The number of nitrogens with one attached hydrogen (secondary N) is 1. The van der Waals surface area contributed by atoms with Crippen molar-refractivity contribution in [3.05, 3.63) is 72.4 Å². The van der Waals surface area contributed by atoms with E-state index in [4.69, 9.17) is 0 Å². The lowest BCUT2D eigenvalue weighted by molar-refractivity contribution is -0.137. The molecule has 2 aliphatic heterocycles. The van der Waals surface area contributed by atoms with Crippen molar-refractivity contribution in [3.63, 3.8) is 0 Å². The lowest BCUT2D eigenvalue weighted by Crippen LogP contribution is -2.49. The van der Waals surface area contributed by atoms with Crippen LogP contribution in [-0.4, -0.2) is 60.3 Å². The lowest BCUT2D eigenvalue weighted by atomic mass is 9.98. The molecule has 1 N–H and O–H groups in total. The van der Waals surface area contributed by atoms with Crippen LogP contribution in [0.25, 0.3) is 38.9 Å². The van der Waals surface area contributed by atoms with Crippen molar-refractivity contribution in [1.29, 1.82) is 0 Å². The Bertz CT molecular complexity index is 1790. The second-order valence-electron chi connectivity index (χ2n) is 10.7. The van der Waals surface area contributed by atoms with E-state index in [2.05, 4.69) is 9.97 Å². The van der Waals surface area contributed by atoms with Gasteiger partial charge in [0, 0.05) is 92.4 Å². The zero-order valence-corrected chi connectivity index (χ0v) is 21.8. The fraction of sp³-hybridized carbons (Fsp3) is 0.310. The first-order chi connectivity index (χ1) is 19.6. The highest BCUT2D eigenvalue weighted by atomic mass is 19.4. The van der Waals surface area contributed by atoms with E-state index in [1.54, 1.807) is 18.6 Å². The number of carbonyl (C=O) groups is 1. The number of aromatic nitrogens is 4. The highest BCUT2D eigenvalue weighted by Gasteiger charge is 2.38. The quantitative estimate of drug-likeness (QED) is 0.243. The number of amides is 2. The number of hydrogen-bond donors (Lipinski definition) is 1. The van der Waals surface area contributed by atoms with Gasteiger partial charge in [0.15, 0.2) is 0 Å². The maximum atomic E-state index is 14.1. The number of fused-ring (bicyclic) bond motifs is 1. The lowest BCUT2D eigenvalue weighted by Gasteiger charge is -2.35. The van der Waals surface area contributed by atoms with Crippen molar-refractivity contribution in [3.8, 4) is 22.4 Å². The molecule has 12 heteroatoms. The van der Waals surface area contributed by atoms with E-state index in [1.807, 2.05) is 39.6 Å². The van der Waals surface area contributed by atoms with Gasteiger partial charge >= 0.3 is 12.2 Å². The third-order valence-electron chi connectivity index (χ3n) is 8.12. The maximum Gasteiger partial charge on any atom is 0.416 e. The first-order valence-electron chi connectivity index (χ1n) is 13.3. The molecular formula is C29H25F5N6O. The zero-order valence-electron chi connectivity index (χ0n) is 21.8. The van der Waals surface area contributed by atoms with Gasteiger partial charge < -0.3 is 19.4 Å². The van der Waals surface area contributed by atoms with Crippen LogP contribution in [0.15, 0.2) is 61.3 Å². The molecule has 1 aromatic carbocycles. The number of carbonyl (C=O) groups excluding carboxylic acids is 1. The molecule has 0 bridgehead atoms. The van der Waals surface area contributed by atoms with Crippen molar-refractivity contribution < 1.29 is 26.7 Å². The molecule has 0 saturated carbocycles. The number of piperidine rings is 1. The average Bonchev–Trinajstić information content (AvgIpc) is 3.63. The van der Waals surface area contributed by atoms with Gasteiger partial charge in [-0.15, -0.1) is 0 Å². The summed E-state index contributed by atoms with van der Waals surface area (Å²) in [5.41, 5.74) is 3.87. The third-order valence-corrected chi connectivity index (χ3v) is 8.12. The van der Waals surface area contributed by atoms with Crippen LogP contribution in [0.4, 0.5) is 26.7 Å². The van der Waals surface area contributed by atoms with Gasteiger partial charge in [0.25, 0.3) is 5.92 Å². The number of benzene rings is 1. The Morgan fingerprint density at radius 1 is 0.951 bits per heavy atom. The third kappa shape index (κ3) is 4.32. The Kier molecular flexibility index (Phi) is 5.67. The number of rotatable bonds is 2. The molecular weight excluding hydrogens is 543 g/mol. The van der Waals surface area contributed by atoms with E-state index in [1.165, 1.54) is 15.9 Å². The summed E-state index contributed by atoms with van der Waals surface area (Å²) >= 11 is 0. The van der Waals surface area contributed by atoms with Crippen molar-refractivity contribution in [1.82, 2.24) is 28.7 Å². The van der Waals surface area contributed by atoms with Crippen LogP contribution < -0.4 is 0 Å². The Morgan fingerprint density at radius 3 is 2.51 bits per heavy atom. The summed E-state index contributed by atoms with van der Waals surface area (Å²) in [6.07, 6.45) is 3.57. The van der Waals surface area contributed by atoms with E-state index in [9.17, 15) is 26.7 Å². The van der Waals surface area contributed by atoms with Gasteiger partial charge in [0.1, 0.15) is 5.65 Å². The Balaban J connectivity index is 1.32. The van der Waals surface area contributed by atoms with Gasteiger partial charge in [0.05, 0.1) is 23.0 Å². The van der Waals surface area contributed by atoms with Gasteiger partial charge in [0.2, 0.25) is 0 Å². The van der Waals surface area contributed by atoms with Crippen LogP contribution >= 0.6 is 0 Å². The summed E-state index contributed by atoms with van der Waals surface area (Å²) < 4.78 is 73.6. The predicted molar refractivity (Wildman–Crippen MR) is 142 cm³/mol. The summed E-state index contributed by atoms with van der Waals surface area (Å²) in [4.78, 5) is 23.7. The van der Waals surface area contributed by atoms with Gasteiger partial charge in [-0.3, -0.25) is 4.40 Å². The van der Waals surface area contributed by atoms with Crippen LogP contribution in [0, 0.1) is 0 Å². The smallest absolute Gasteiger partial charge is 0.366 e. The molecule has 0 atom stereocenters.